The SMILES string of the molecule is Fc1ccc(Cc2nc3c4ccccc4nn3nc2-c2ccc(Cl)cc2)cc1. The topological polar surface area (TPSA) is 43.1 Å². The molecule has 28 heavy (non-hydrogen) atoms. The van der Waals surface area contributed by atoms with Crippen molar-refractivity contribution in [3.8, 4) is 11.3 Å². The summed E-state index contributed by atoms with van der Waals surface area (Å²) in [6.45, 7) is 0. The van der Waals surface area contributed by atoms with E-state index in [4.69, 9.17) is 21.7 Å². The maximum absolute atomic E-state index is 13.3. The molecule has 0 aliphatic heterocycles. The van der Waals surface area contributed by atoms with E-state index in [1.807, 2.05) is 48.5 Å². The van der Waals surface area contributed by atoms with E-state index in [1.165, 1.54) is 12.1 Å². The Morgan fingerprint density at radius 1 is 0.857 bits per heavy atom. The Bertz CT molecular complexity index is 1290. The van der Waals surface area contributed by atoms with Crippen LogP contribution in [0.15, 0.2) is 72.8 Å². The summed E-state index contributed by atoms with van der Waals surface area (Å²) in [5.74, 6) is -0.259. The Labute approximate surface area is 165 Å². The molecule has 4 nitrogen and oxygen atoms in total. The molecule has 0 spiro atoms. The van der Waals surface area contributed by atoms with E-state index in [-0.39, 0.29) is 5.82 Å². The Morgan fingerprint density at radius 3 is 2.39 bits per heavy atom. The molecule has 136 valence electrons. The van der Waals surface area contributed by atoms with Crippen LogP contribution in [0.2, 0.25) is 5.02 Å². The summed E-state index contributed by atoms with van der Waals surface area (Å²) in [7, 11) is 0. The molecule has 3 aromatic carbocycles. The monoisotopic (exact) mass is 388 g/mol. The maximum Gasteiger partial charge on any atom is 0.184 e. The van der Waals surface area contributed by atoms with Gasteiger partial charge < -0.3 is 0 Å². The smallest absolute Gasteiger partial charge is 0.184 e. The van der Waals surface area contributed by atoms with Gasteiger partial charge in [0.05, 0.1) is 11.2 Å². The third-order valence-corrected chi connectivity index (χ3v) is 4.90. The van der Waals surface area contributed by atoms with Crippen LogP contribution in [0, 0.1) is 5.82 Å². The zero-order valence-electron chi connectivity index (χ0n) is 14.7. The number of rotatable bonds is 3. The molecule has 6 heteroatoms. The average molecular weight is 389 g/mol. The van der Waals surface area contributed by atoms with E-state index < -0.39 is 0 Å². The second-order valence-corrected chi connectivity index (χ2v) is 6.98. The molecule has 0 N–H and O–H groups in total. The van der Waals surface area contributed by atoms with E-state index in [2.05, 4.69) is 5.10 Å². The molecule has 2 heterocycles. The molecule has 0 aliphatic carbocycles. The van der Waals surface area contributed by atoms with Crippen LogP contribution in [-0.2, 0) is 6.42 Å². The van der Waals surface area contributed by atoms with E-state index >= 15 is 0 Å². The van der Waals surface area contributed by atoms with Crippen molar-refractivity contribution >= 4 is 28.2 Å². The third kappa shape index (κ3) is 3.00. The highest BCUT2D eigenvalue weighted by Crippen LogP contribution is 2.26. The number of hydrogen-bond donors (Lipinski definition) is 0. The largest absolute Gasteiger partial charge is 0.229 e. The van der Waals surface area contributed by atoms with E-state index in [0.717, 1.165) is 33.4 Å². The number of nitrogens with zero attached hydrogens (tertiary/aromatic N) is 4. The van der Waals surface area contributed by atoms with Crippen LogP contribution in [0.4, 0.5) is 4.39 Å². The minimum Gasteiger partial charge on any atom is -0.229 e. The Balaban J connectivity index is 1.73. The van der Waals surface area contributed by atoms with E-state index in [0.29, 0.717) is 17.1 Å². The number of halogens is 2. The van der Waals surface area contributed by atoms with Crippen LogP contribution < -0.4 is 0 Å². The summed E-state index contributed by atoms with van der Waals surface area (Å²) in [4.78, 5) is 4.89. The van der Waals surface area contributed by atoms with Gasteiger partial charge in [0.25, 0.3) is 0 Å². The van der Waals surface area contributed by atoms with E-state index in [9.17, 15) is 4.39 Å². The lowest BCUT2D eigenvalue weighted by molar-refractivity contribution is 0.627. The molecule has 5 aromatic rings. The highest BCUT2D eigenvalue weighted by Gasteiger charge is 2.15. The Kier molecular flexibility index (Phi) is 4.02. The molecule has 0 bridgehead atoms. The molecule has 0 saturated heterocycles. The lowest BCUT2D eigenvalue weighted by Crippen LogP contribution is -2.05. The quantitative estimate of drug-likeness (QED) is 0.419. The third-order valence-electron chi connectivity index (χ3n) is 4.65. The summed E-state index contributed by atoms with van der Waals surface area (Å²) in [5.41, 5.74) is 4.91. The molecule has 0 fully saturated rings. The molecule has 0 radical (unpaired) electrons. The predicted octanol–water partition coefficient (Wildman–Crippen LogP) is 5.33. The highest BCUT2D eigenvalue weighted by molar-refractivity contribution is 6.30. The van der Waals surface area contributed by atoms with Gasteiger partial charge in [-0.15, -0.1) is 14.8 Å². The van der Waals surface area contributed by atoms with Gasteiger partial charge in [-0.2, -0.15) is 0 Å². The first-order valence-electron chi connectivity index (χ1n) is 8.82. The van der Waals surface area contributed by atoms with Crippen LogP contribution in [0.25, 0.3) is 27.8 Å². The first-order valence-corrected chi connectivity index (χ1v) is 9.20. The molecular weight excluding hydrogens is 375 g/mol. The first kappa shape index (κ1) is 16.8. The molecule has 0 unspecified atom stereocenters. The van der Waals surface area contributed by atoms with Gasteiger partial charge in [-0.05, 0) is 42.0 Å². The van der Waals surface area contributed by atoms with Gasteiger partial charge in [-0.1, -0.05) is 48.0 Å². The molecule has 0 aliphatic rings. The van der Waals surface area contributed by atoms with Crippen LogP contribution in [0.5, 0.6) is 0 Å². The first-order chi connectivity index (χ1) is 13.7. The fraction of sp³-hybridized carbons (Fsp3) is 0.0455. The fourth-order valence-corrected chi connectivity index (χ4v) is 3.39. The molecule has 2 aromatic heterocycles. The summed E-state index contributed by atoms with van der Waals surface area (Å²) >= 11 is 6.04. The summed E-state index contributed by atoms with van der Waals surface area (Å²) in [6, 6.07) is 21.7. The predicted molar refractivity (Wildman–Crippen MR) is 108 cm³/mol. The number of benzene rings is 3. The molecule has 0 amide bonds. The zero-order valence-corrected chi connectivity index (χ0v) is 15.4. The van der Waals surface area contributed by atoms with Gasteiger partial charge in [0.1, 0.15) is 11.5 Å². The van der Waals surface area contributed by atoms with Crippen LogP contribution in [-0.4, -0.2) is 19.8 Å². The van der Waals surface area contributed by atoms with Crippen molar-refractivity contribution in [3.05, 3.63) is 94.9 Å². The second-order valence-electron chi connectivity index (χ2n) is 6.55. The molecule has 0 atom stereocenters. The van der Waals surface area contributed by atoms with E-state index in [1.54, 1.807) is 16.8 Å². The molecule has 0 saturated carbocycles. The highest BCUT2D eigenvalue weighted by atomic mass is 35.5. The van der Waals surface area contributed by atoms with Gasteiger partial charge >= 0.3 is 0 Å². The van der Waals surface area contributed by atoms with Crippen LogP contribution >= 0.6 is 11.6 Å². The summed E-state index contributed by atoms with van der Waals surface area (Å²) in [6.07, 6.45) is 0.529. The van der Waals surface area contributed by atoms with Crippen molar-refractivity contribution in [2.75, 3.05) is 0 Å². The van der Waals surface area contributed by atoms with Gasteiger partial charge in [0, 0.05) is 22.4 Å². The van der Waals surface area contributed by atoms with Crippen molar-refractivity contribution in [3.63, 3.8) is 0 Å². The zero-order chi connectivity index (χ0) is 19.1. The minimum atomic E-state index is -0.259. The normalized spacial score (nSPS) is 11.4. The van der Waals surface area contributed by atoms with Crippen LogP contribution in [0.3, 0.4) is 0 Å². The van der Waals surface area contributed by atoms with Crippen molar-refractivity contribution < 1.29 is 4.39 Å². The lowest BCUT2D eigenvalue weighted by atomic mass is 10.0. The standard InChI is InChI=1S/C22H14ClFN4/c23-16-9-7-15(8-10-16)21-20(13-14-5-11-17(24)12-6-14)25-22-18-3-1-2-4-19(18)26-28(22)27-21/h1-12H,13H2. The maximum atomic E-state index is 13.3. The molecular formula is C22H14ClFN4. The summed E-state index contributed by atoms with van der Waals surface area (Å²) < 4.78 is 14.9. The van der Waals surface area contributed by atoms with Crippen molar-refractivity contribution in [2.24, 2.45) is 0 Å². The lowest BCUT2D eigenvalue weighted by Gasteiger charge is -2.09. The Hall–Kier alpha value is -3.31. The second kappa shape index (κ2) is 6.69. The van der Waals surface area contributed by atoms with Crippen molar-refractivity contribution in [1.82, 2.24) is 19.8 Å². The number of hydrogen-bond acceptors (Lipinski definition) is 3. The number of fused-ring (bicyclic) bond motifs is 3. The van der Waals surface area contributed by atoms with Gasteiger partial charge in [-0.25, -0.2) is 9.37 Å². The Morgan fingerprint density at radius 2 is 1.61 bits per heavy atom. The van der Waals surface area contributed by atoms with Crippen LogP contribution in [0.1, 0.15) is 11.3 Å². The van der Waals surface area contributed by atoms with Crippen molar-refractivity contribution in [2.45, 2.75) is 6.42 Å². The number of aromatic nitrogens is 4. The molecule has 5 rings (SSSR count). The van der Waals surface area contributed by atoms with Crippen molar-refractivity contribution in [1.29, 1.82) is 0 Å². The van der Waals surface area contributed by atoms with Gasteiger partial charge in [0.2, 0.25) is 0 Å². The van der Waals surface area contributed by atoms with Gasteiger partial charge in [0.15, 0.2) is 5.65 Å². The fourth-order valence-electron chi connectivity index (χ4n) is 3.27. The van der Waals surface area contributed by atoms with Gasteiger partial charge in [-0.3, -0.25) is 0 Å². The average Bonchev–Trinajstić information content (AvgIpc) is 3.07. The summed E-state index contributed by atoms with van der Waals surface area (Å²) in [5, 5.41) is 10.9. The minimum absolute atomic E-state index is 0.259.